The lowest BCUT2D eigenvalue weighted by Gasteiger charge is -2.28. The van der Waals surface area contributed by atoms with Gasteiger partial charge in [0.25, 0.3) is 5.91 Å². The molecule has 1 unspecified atom stereocenters. The smallest absolute Gasteiger partial charge is 0.258 e. The fourth-order valence-corrected chi connectivity index (χ4v) is 3.10. The number of carbonyl (C=O) groups is 1. The average molecular weight is 332 g/mol. The third-order valence-corrected chi connectivity index (χ3v) is 4.52. The lowest BCUT2D eigenvalue weighted by molar-refractivity contribution is -0.117. The normalized spacial score (nSPS) is 18.5. The second kappa shape index (κ2) is 6.20. The molecule has 1 atom stereocenters. The van der Waals surface area contributed by atoms with Crippen molar-refractivity contribution in [2.24, 2.45) is 4.99 Å². The molecule has 0 spiro atoms. The van der Waals surface area contributed by atoms with E-state index in [4.69, 9.17) is 4.74 Å². The number of nitrogens with zero attached hydrogens (tertiary/aromatic N) is 1. The maximum absolute atomic E-state index is 12.5. The molecule has 4 nitrogen and oxygen atoms in total. The number of hydrogen-bond acceptors (Lipinski definition) is 3. The molecule has 1 N–H and O–H groups in total. The van der Waals surface area contributed by atoms with Gasteiger partial charge in [-0.3, -0.25) is 4.79 Å². The van der Waals surface area contributed by atoms with Crippen molar-refractivity contribution in [3.05, 3.63) is 70.8 Å². The van der Waals surface area contributed by atoms with Gasteiger partial charge in [-0.25, -0.2) is 4.99 Å². The summed E-state index contributed by atoms with van der Waals surface area (Å²) in [6, 6.07) is 16.1. The molecule has 126 valence electrons. The van der Waals surface area contributed by atoms with E-state index >= 15 is 0 Å². The number of fused-ring (bicyclic) bond motifs is 2. The molecular formula is C21H20N2O2. The summed E-state index contributed by atoms with van der Waals surface area (Å²) in [5.74, 6) is 1.71. The Bertz CT molecular complexity index is 882. The van der Waals surface area contributed by atoms with E-state index in [0.717, 1.165) is 16.9 Å². The Labute approximate surface area is 147 Å². The van der Waals surface area contributed by atoms with Crippen LogP contribution in [-0.2, 0) is 11.2 Å². The molecule has 4 rings (SSSR count). The van der Waals surface area contributed by atoms with Crippen molar-refractivity contribution in [1.29, 1.82) is 0 Å². The van der Waals surface area contributed by atoms with Crippen molar-refractivity contribution in [1.82, 2.24) is 5.32 Å². The van der Waals surface area contributed by atoms with E-state index in [2.05, 4.69) is 36.3 Å². The molecule has 4 heteroatoms. The van der Waals surface area contributed by atoms with Crippen molar-refractivity contribution in [2.45, 2.75) is 32.4 Å². The first kappa shape index (κ1) is 15.6. The molecule has 2 aromatic rings. The molecule has 0 fully saturated rings. The summed E-state index contributed by atoms with van der Waals surface area (Å²) in [7, 11) is 0. The Kier molecular flexibility index (Phi) is 3.88. The molecule has 0 saturated heterocycles. The molecule has 1 amide bonds. The second-order valence-corrected chi connectivity index (χ2v) is 6.71. The SMILES string of the molecule is CC(C)c1ccc2c(c1)C=C1C(=O)NC(Cc3ccccc3)=NC1O2. The van der Waals surface area contributed by atoms with E-state index in [1.54, 1.807) is 0 Å². The predicted octanol–water partition coefficient (Wildman–Crippen LogP) is 3.68. The van der Waals surface area contributed by atoms with Crippen LogP contribution in [0.25, 0.3) is 6.08 Å². The topological polar surface area (TPSA) is 50.7 Å². The van der Waals surface area contributed by atoms with Gasteiger partial charge in [0.2, 0.25) is 6.23 Å². The predicted molar refractivity (Wildman–Crippen MR) is 98.6 cm³/mol. The Morgan fingerprint density at radius 3 is 2.72 bits per heavy atom. The fourth-order valence-electron chi connectivity index (χ4n) is 3.10. The molecule has 0 bridgehead atoms. The van der Waals surface area contributed by atoms with E-state index < -0.39 is 6.23 Å². The Hall–Kier alpha value is -2.88. The lowest BCUT2D eigenvalue weighted by atomic mass is 9.97. The van der Waals surface area contributed by atoms with Gasteiger partial charge in [0, 0.05) is 12.0 Å². The quantitative estimate of drug-likeness (QED) is 0.932. The first-order valence-electron chi connectivity index (χ1n) is 8.54. The zero-order chi connectivity index (χ0) is 17.4. The van der Waals surface area contributed by atoms with Gasteiger partial charge in [-0.05, 0) is 35.3 Å². The third-order valence-electron chi connectivity index (χ3n) is 4.52. The van der Waals surface area contributed by atoms with Crippen molar-refractivity contribution in [2.75, 3.05) is 0 Å². The molecule has 0 aromatic heterocycles. The van der Waals surface area contributed by atoms with Gasteiger partial charge >= 0.3 is 0 Å². The van der Waals surface area contributed by atoms with Crippen molar-refractivity contribution in [3.63, 3.8) is 0 Å². The van der Waals surface area contributed by atoms with E-state index in [1.807, 2.05) is 42.5 Å². The Balaban J connectivity index is 1.64. The first-order valence-corrected chi connectivity index (χ1v) is 8.54. The summed E-state index contributed by atoms with van der Waals surface area (Å²) in [6.07, 6.45) is 1.91. The summed E-state index contributed by atoms with van der Waals surface area (Å²) < 4.78 is 5.99. The molecule has 0 saturated carbocycles. The Morgan fingerprint density at radius 2 is 1.96 bits per heavy atom. The number of ether oxygens (including phenoxy) is 1. The minimum absolute atomic E-state index is 0.133. The number of carbonyl (C=O) groups excluding carboxylic acids is 1. The van der Waals surface area contributed by atoms with Gasteiger partial charge in [0.05, 0.1) is 5.57 Å². The number of amides is 1. The van der Waals surface area contributed by atoms with Crippen LogP contribution in [0, 0.1) is 0 Å². The monoisotopic (exact) mass is 332 g/mol. The van der Waals surface area contributed by atoms with Crippen molar-refractivity contribution >= 4 is 17.8 Å². The summed E-state index contributed by atoms with van der Waals surface area (Å²) in [4.78, 5) is 17.1. The lowest BCUT2D eigenvalue weighted by Crippen LogP contribution is -2.44. The van der Waals surface area contributed by atoms with E-state index in [0.29, 0.717) is 23.7 Å². The summed E-state index contributed by atoms with van der Waals surface area (Å²) in [5, 5.41) is 2.90. The third kappa shape index (κ3) is 3.07. The largest absolute Gasteiger partial charge is 0.464 e. The van der Waals surface area contributed by atoms with Gasteiger partial charge < -0.3 is 10.1 Å². The van der Waals surface area contributed by atoms with Crippen molar-refractivity contribution in [3.8, 4) is 5.75 Å². The summed E-state index contributed by atoms with van der Waals surface area (Å²) in [5.41, 5.74) is 3.83. The molecule has 2 heterocycles. The van der Waals surface area contributed by atoms with E-state index in [1.165, 1.54) is 5.56 Å². The summed E-state index contributed by atoms with van der Waals surface area (Å²) >= 11 is 0. The van der Waals surface area contributed by atoms with E-state index in [-0.39, 0.29) is 5.91 Å². The molecule has 2 aliphatic heterocycles. The van der Waals surface area contributed by atoms with Gasteiger partial charge in [0.1, 0.15) is 11.6 Å². The van der Waals surface area contributed by atoms with Crippen molar-refractivity contribution < 1.29 is 9.53 Å². The fraction of sp³-hybridized carbons (Fsp3) is 0.238. The molecule has 2 aliphatic rings. The average Bonchev–Trinajstić information content (AvgIpc) is 2.61. The number of benzene rings is 2. The Morgan fingerprint density at radius 1 is 1.16 bits per heavy atom. The summed E-state index contributed by atoms with van der Waals surface area (Å²) in [6.45, 7) is 4.30. The number of hydrogen-bond donors (Lipinski definition) is 1. The molecule has 2 aromatic carbocycles. The van der Waals surface area contributed by atoms with Crippen LogP contribution in [0.1, 0.15) is 36.5 Å². The number of amidine groups is 1. The number of aliphatic imine (C=N–C) groups is 1. The number of rotatable bonds is 3. The molecule has 0 aliphatic carbocycles. The van der Waals surface area contributed by atoms with Gasteiger partial charge in [-0.2, -0.15) is 0 Å². The van der Waals surface area contributed by atoms with Crippen LogP contribution in [0.5, 0.6) is 5.75 Å². The van der Waals surface area contributed by atoms with Crippen LogP contribution in [-0.4, -0.2) is 18.0 Å². The highest BCUT2D eigenvalue weighted by atomic mass is 16.5. The second-order valence-electron chi connectivity index (χ2n) is 6.71. The van der Waals surface area contributed by atoms with Gasteiger partial charge in [0.15, 0.2) is 0 Å². The zero-order valence-corrected chi connectivity index (χ0v) is 14.3. The van der Waals surface area contributed by atoms with Crippen LogP contribution in [0.15, 0.2) is 59.1 Å². The molecular weight excluding hydrogens is 312 g/mol. The van der Waals surface area contributed by atoms with Gasteiger partial charge in [-0.15, -0.1) is 0 Å². The number of nitrogens with one attached hydrogen (secondary N) is 1. The van der Waals surface area contributed by atoms with Gasteiger partial charge in [-0.1, -0.05) is 50.2 Å². The van der Waals surface area contributed by atoms with Crippen LogP contribution in [0.4, 0.5) is 0 Å². The van der Waals surface area contributed by atoms with Crippen LogP contribution < -0.4 is 10.1 Å². The zero-order valence-electron chi connectivity index (χ0n) is 14.3. The van der Waals surface area contributed by atoms with Crippen LogP contribution in [0.3, 0.4) is 0 Å². The maximum Gasteiger partial charge on any atom is 0.258 e. The highest BCUT2D eigenvalue weighted by molar-refractivity contribution is 6.12. The minimum Gasteiger partial charge on any atom is -0.464 e. The first-order chi connectivity index (χ1) is 12.1. The molecule has 0 radical (unpaired) electrons. The maximum atomic E-state index is 12.5. The molecule has 25 heavy (non-hydrogen) atoms. The van der Waals surface area contributed by atoms with E-state index in [9.17, 15) is 4.79 Å². The highest BCUT2D eigenvalue weighted by Crippen LogP contribution is 2.33. The highest BCUT2D eigenvalue weighted by Gasteiger charge is 2.32. The minimum atomic E-state index is -0.565. The van der Waals surface area contributed by atoms with Crippen LogP contribution in [0.2, 0.25) is 0 Å². The van der Waals surface area contributed by atoms with Crippen LogP contribution >= 0.6 is 0 Å². The standard InChI is InChI=1S/C21H20N2O2/c1-13(2)15-8-9-18-16(11-15)12-17-20(24)22-19(23-21(17)25-18)10-14-6-4-3-5-7-14/h3-9,11-13,21H,10H2,1-2H3,(H,22,23,24).